The van der Waals surface area contributed by atoms with E-state index in [1.54, 1.807) is 0 Å². The summed E-state index contributed by atoms with van der Waals surface area (Å²) < 4.78 is 13.6. The number of benzene rings is 1. The van der Waals surface area contributed by atoms with Crippen LogP contribution in [0.15, 0.2) is 24.4 Å². The summed E-state index contributed by atoms with van der Waals surface area (Å²) in [6.45, 7) is 0. The molecule has 0 spiro atoms. The molecule has 0 aliphatic rings. The molecule has 1 N–H and O–H groups in total. The van der Waals surface area contributed by atoms with Gasteiger partial charge in [-0.25, -0.2) is 9.37 Å². The second-order valence-corrected chi connectivity index (χ2v) is 4.41. The summed E-state index contributed by atoms with van der Waals surface area (Å²) in [6, 6.07) is 3.96. The van der Waals surface area contributed by atoms with Crippen molar-refractivity contribution in [1.82, 2.24) is 4.98 Å². The number of rotatable bonds is 1. The maximum atomic E-state index is 13.6. The zero-order valence-corrected chi connectivity index (χ0v) is 10.5. The Labute approximate surface area is 112 Å². The lowest BCUT2D eigenvalue weighted by Crippen LogP contribution is -1.90. The van der Waals surface area contributed by atoms with Crippen LogP contribution in [0.4, 0.5) is 4.39 Å². The fraction of sp³-hybridized carbons (Fsp3) is 0. The standard InChI is InChI=1S/C11H5Cl3FNO/c12-7-2-1-6(9(13)10(7)14)11-8(15)3-5(17)4-16-11/h1-4,17H. The summed E-state index contributed by atoms with van der Waals surface area (Å²) in [5, 5.41) is 9.61. The van der Waals surface area contributed by atoms with E-state index in [9.17, 15) is 4.39 Å². The predicted molar refractivity (Wildman–Crippen MR) is 66.3 cm³/mol. The van der Waals surface area contributed by atoms with E-state index >= 15 is 0 Å². The molecule has 1 heterocycles. The Morgan fingerprint density at radius 1 is 1.12 bits per heavy atom. The lowest BCUT2D eigenvalue weighted by molar-refractivity contribution is 0.466. The van der Waals surface area contributed by atoms with E-state index in [0.717, 1.165) is 12.3 Å². The molecular weight excluding hydrogens is 287 g/mol. The highest BCUT2D eigenvalue weighted by atomic mass is 35.5. The topological polar surface area (TPSA) is 33.1 Å². The van der Waals surface area contributed by atoms with E-state index in [0.29, 0.717) is 5.56 Å². The van der Waals surface area contributed by atoms with Gasteiger partial charge in [-0.2, -0.15) is 0 Å². The Morgan fingerprint density at radius 3 is 2.47 bits per heavy atom. The zero-order valence-electron chi connectivity index (χ0n) is 8.22. The molecule has 0 amide bonds. The molecule has 88 valence electrons. The first-order chi connectivity index (χ1) is 8.00. The summed E-state index contributed by atoms with van der Waals surface area (Å²) in [6.07, 6.45) is 1.12. The van der Waals surface area contributed by atoms with Crippen LogP contribution >= 0.6 is 34.8 Å². The van der Waals surface area contributed by atoms with Crippen molar-refractivity contribution in [3.05, 3.63) is 45.3 Å². The quantitative estimate of drug-likeness (QED) is 0.782. The van der Waals surface area contributed by atoms with Crippen LogP contribution in [-0.2, 0) is 0 Å². The third kappa shape index (κ3) is 2.32. The minimum Gasteiger partial charge on any atom is -0.506 e. The maximum absolute atomic E-state index is 13.6. The molecule has 0 bridgehead atoms. The molecule has 17 heavy (non-hydrogen) atoms. The number of hydrogen-bond acceptors (Lipinski definition) is 2. The Hall–Kier alpha value is -1.03. The Kier molecular flexibility index (Phi) is 3.43. The van der Waals surface area contributed by atoms with Gasteiger partial charge in [-0.05, 0) is 12.1 Å². The molecule has 2 aromatic rings. The third-order valence-corrected chi connectivity index (χ3v) is 3.41. The van der Waals surface area contributed by atoms with Crippen LogP contribution in [0.3, 0.4) is 0 Å². The number of pyridine rings is 1. The smallest absolute Gasteiger partial charge is 0.153 e. The average Bonchev–Trinajstić information content (AvgIpc) is 2.28. The first kappa shape index (κ1) is 12.4. The van der Waals surface area contributed by atoms with Gasteiger partial charge in [-0.3, -0.25) is 0 Å². The first-order valence-electron chi connectivity index (χ1n) is 4.49. The largest absolute Gasteiger partial charge is 0.506 e. The molecule has 0 saturated carbocycles. The van der Waals surface area contributed by atoms with Crippen molar-refractivity contribution < 1.29 is 9.50 Å². The molecule has 0 aliphatic heterocycles. The van der Waals surface area contributed by atoms with Gasteiger partial charge in [0.2, 0.25) is 0 Å². The van der Waals surface area contributed by atoms with E-state index in [1.165, 1.54) is 12.1 Å². The number of hydrogen-bond donors (Lipinski definition) is 1. The molecule has 0 fully saturated rings. The maximum Gasteiger partial charge on any atom is 0.153 e. The van der Waals surface area contributed by atoms with Gasteiger partial charge in [0.25, 0.3) is 0 Å². The van der Waals surface area contributed by atoms with Crippen LogP contribution < -0.4 is 0 Å². The van der Waals surface area contributed by atoms with Gasteiger partial charge in [0, 0.05) is 11.6 Å². The van der Waals surface area contributed by atoms with Crippen molar-refractivity contribution in [2.45, 2.75) is 0 Å². The summed E-state index contributed by atoms with van der Waals surface area (Å²) in [5.74, 6) is -0.951. The number of aromatic hydroxyl groups is 1. The summed E-state index contributed by atoms with van der Waals surface area (Å²) in [4.78, 5) is 3.77. The SMILES string of the molecule is Oc1cnc(-c2ccc(Cl)c(Cl)c2Cl)c(F)c1. The van der Waals surface area contributed by atoms with Gasteiger partial charge >= 0.3 is 0 Å². The van der Waals surface area contributed by atoms with E-state index in [4.69, 9.17) is 39.9 Å². The lowest BCUT2D eigenvalue weighted by Gasteiger charge is -2.07. The molecule has 1 aromatic heterocycles. The highest BCUT2D eigenvalue weighted by Crippen LogP contribution is 2.38. The molecule has 2 nitrogen and oxygen atoms in total. The van der Waals surface area contributed by atoms with Gasteiger partial charge in [-0.15, -0.1) is 0 Å². The van der Waals surface area contributed by atoms with Crippen LogP contribution in [0.2, 0.25) is 15.1 Å². The van der Waals surface area contributed by atoms with Crippen molar-refractivity contribution in [3.63, 3.8) is 0 Å². The fourth-order valence-corrected chi connectivity index (χ4v) is 1.96. The highest BCUT2D eigenvalue weighted by Gasteiger charge is 2.15. The van der Waals surface area contributed by atoms with Crippen molar-refractivity contribution in [2.75, 3.05) is 0 Å². The van der Waals surface area contributed by atoms with Gasteiger partial charge in [0.1, 0.15) is 11.4 Å². The Bertz CT molecular complexity index is 589. The fourth-order valence-electron chi connectivity index (χ4n) is 1.33. The molecule has 0 radical (unpaired) electrons. The number of nitrogens with zero attached hydrogens (tertiary/aromatic N) is 1. The van der Waals surface area contributed by atoms with E-state index < -0.39 is 5.82 Å². The molecule has 0 aliphatic carbocycles. The molecule has 2 rings (SSSR count). The van der Waals surface area contributed by atoms with Gasteiger partial charge in [0.05, 0.1) is 21.3 Å². The average molecular weight is 293 g/mol. The zero-order chi connectivity index (χ0) is 12.6. The number of halogens is 4. The van der Waals surface area contributed by atoms with Crippen LogP contribution in [0, 0.1) is 5.82 Å². The van der Waals surface area contributed by atoms with Gasteiger partial charge in [-0.1, -0.05) is 34.8 Å². The first-order valence-corrected chi connectivity index (χ1v) is 5.62. The molecular formula is C11H5Cl3FNO. The van der Waals surface area contributed by atoms with Crippen LogP contribution in [0.1, 0.15) is 0 Å². The third-order valence-electron chi connectivity index (χ3n) is 2.12. The van der Waals surface area contributed by atoms with E-state index in [1.807, 2.05) is 0 Å². The molecule has 6 heteroatoms. The minimum atomic E-state index is -0.690. The second kappa shape index (κ2) is 4.69. The van der Waals surface area contributed by atoms with Crippen LogP contribution in [-0.4, -0.2) is 10.1 Å². The van der Waals surface area contributed by atoms with Crippen LogP contribution in [0.5, 0.6) is 5.75 Å². The summed E-state index contributed by atoms with van der Waals surface area (Å²) >= 11 is 17.6. The van der Waals surface area contributed by atoms with Crippen molar-refractivity contribution in [3.8, 4) is 17.0 Å². The van der Waals surface area contributed by atoms with Crippen molar-refractivity contribution >= 4 is 34.8 Å². The molecule has 0 saturated heterocycles. The van der Waals surface area contributed by atoms with Gasteiger partial charge < -0.3 is 5.11 Å². The van der Waals surface area contributed by atoms with Gasteiger partial charge in [0.15, 0.2) is 5.82 Å². The predicted octanol–water partition coefficient (Wildman–Crippen LogP) is 4.55. The lowest BCUT2D eigenvalue weighted by atomic mass is 10.1. The Morgan fingerprint density at radius 2 is 1.82 bits per heavy atom. The molecule has 0 atom stereocenters. The summed E-state index contributed by atoms with van der Waals surface area (Å²) in [7, 11) is 0. The van der Waals surface area contributed by atoms with Crippen LogP contribution in [0.25, 0.3) is 11.3 Å². The van der Waals surface area contributed by atoms with Crippen molar-refractivity contribution in [1.29, 1.82) is 0 Å². The summed E-state index contributed by atoms with van der Waals surface area (Å²) in [5.41, 5.74) is 0.324. The normalized spacial score (nSPS) is 10.6. The molecule has 1 aromatic carbocycles. The highest BCUT2D eigenvalue weighted by molar-refractivity contribution is 6.49. The van der Waals surface area contributed by atoms with E-state index in [2.05, 4.69) is 4.98 Å². The molecule has 0 unspecified atom stereocenters. The minimum absolute atomic E-state index is 0.00590. The monoisotopic (exact) mass is 291 g/mol. The van der Waals surface area contributed by atoms with E-state index in [-0.39, 0.29) is 26.5 Å². The Balaban J connectivity index is 2.65. The number of aromatic nitrogens is 1. The van der Waals surface area contributed by atoms with Crippen molar-refractivity contribution in [2.24, 2.45) is 0 Å². The second-order valence-electron chi connectivity index (χ2n) is 3.25.